The number of hydrogen-bond acceptors (Lipinski definition) is 3. The van der Waals surface area contributed by atoms with E-state index >= 15 is 0 Å². The van der Waals surface area contributed by atoms with Crippen LogP contribution in [0.1, 0.15) is 32.8 Å². The third kappa shape index (κ3) is 5.37. The number of likely N-dealkylation sites (tertiary alicyclic amines) is 1. The van der Waals surface area contributed by atoms with E-state index in [4.69, 9.17) is 4.74 Å². The topological polar surface area (TPSA) is 78.9 Å². The predicted octanol–water partition coefficient (Wildman–Crippen LogP) is 2.77. The summed E-state index contributed by atoms with van der Waals surface area (Å²) in [7, 11) is 0. The van der Waals surface area contributed by atoms with Crippen molar-refractivity contribution in [2.75, 3.05) is 26.2 Å². The smallest absolute Gasteiger partial charge is 0.317 e. The van der Waals surface area contributed by atoms with Gasteiger partial charge in [0, 0.05) is 19.6 Å². The lowest BCUT2D eigenvalue weighted by atomic mass is 9.90. The van der Waals surface area contributed by atoms with Crippen molar-refractivity contribution in [3.8, 4) is 5.75 Å². The van der Waals surface area contributed by atoms with Gasteiger partial charge in [-0.05, 0) is 43.4 Å². The van der Waals surface area contributed by atoms with E-state index in [-0.39, 0.29) is 12.6 Å². The van der Waals surface area contributed by atoms with Crippen molar-refractivity contribution in [2.45, 2.75) is 33.6 Å². The Morgan fingerprint density at radius 2 is 2.00 bits per heavy atom. The van der Waals surface area contributed by atoms with Crippen molar-refractivity contribution < 1.29 is 19.4 Å². The van der Waals surface area contributed by atoms with Crippen LogP contribution in [0, 0.1) is 11.3 Å². The molecule has 1 aliphatic rings. The predicted molar refractivity (Wildman–Crippen MR) is 95.8 cm³/mol. The van der Waals surface area contributed by atoms with Crippen LogP contribution in [0.3, 0.4) is 0 Å². The highest BCUT2D eigenvalue weighted by atomic mass is 16.5. The fourth-order valence-electron chi connectivity index (χ4n) is 2.75. The van der Waals surface area contributed by atoms with Crippen LogP contribution in [0.5, 0.6) is 5.75 Å². The van der Waals surface area contributed by atoms with E-state index in [1.165, 1.54) is 0 Å². The Hall–Kier alpha value is -2.24. The van der Waals surface area contributed by atoms with Gasteiger partial charge < -0.3 is 20.1 Å². The number of carboxylic acid groups (broad SMARTS) is 1. The first-order valence-electron chi connectivity index (χ1n) is 8.78. The van der Waals surface area contributed by atoms with Crippen LogP contribution in [0.4, 0.5) is 4.79 Å². The lowest BCUT2D eigenvalue weighted by Gasteiger charge is -2.20. The molecule has 1 atom stereocenters. The summed E-state index contributed by atoms with van der Waals surface area (Å²) in [5, 5.41) is 12.1. The zero-order valence-electron chi connectivity index (χ0n) is 15.2. The van der Waals surface area contributed by atoms with Gasteiger partial charge in [-0.1, -0.05) is 26.0 Å². The Morgan fingerprint density at radius 1 is 1.32 bits per heavy atom. The number of ether oxygens (including phenoxy) is 1. The van der Waals surface area contributed by atoms with Crippen molar-refractivity contribution in [3.63, 3.8) is 0 Å². The van der Waals surface area contributed by atoms with E-state index < -0.39 is 11.4 Å². The molecule has 6 heteroatoms. The molecule has 6 nitrogen and oxygen atoms in total. The van der Waals surface area contributed by atoms with Gasteiger partial charge in [0.1, 0.15) is 5.75 Å². The van der Waals surface area contributed by atoms with E-state index in [1.807, 2.05) is 24.3 Å². The van der Waals surface area contributed by atoms with Gasteiger partial charge in [-0.3, -0.25) is 4.79 Å². The van der Waals surface area contributed by atoms with Gasteiger partial charge >= 0.3 is 12.0 Å². The highest BCUT2D eigenvalue weighted by Gasteiger charge is 2.42. The second-order valence-corrected chi connectivity index (χ2v) is 7.37. The highest BCUT2D eigenvalue weighted by molar-refractivity contribution is 5.79. The number of nitrogens with zero attached hydrogens (tertiary/aromatic N) is 1. The summed E-state index contributed by atoms with van der Waals surface area (Å²) in [5.41, 5.74) is 0.289. The fourth-order valence-corrected chi connectivity index (χ4v) is 2.75. The highest BCUT2D eigenvalue weighted by Crippen LogP contribution is 2.29. The SMILES string of the molecule is CC(C)COc1ccc(CCNC(=O)N2CCC(C)(C(=O)O)C2)cc1. The molecule has 2 N–H and O–H groups in total. The molecule has 1 aliphatic heterocycles. The molecule has 0 aromatic heterocycles. The molecule has 0 saturated carbocycles. The van der Waals surface area contributed by atoms with Crippen LogP contribution in [-0.2, 0) is 11.2 Å². The van der Waals surface area contributed by atoms with Crippen molar-refractivity contribution >= 4 is 12.0 Å². The van der Waals surface area contributed by atoms with Gasteiger partial charge in [-0.25, -0.2) is 4.79 Å². The number of urea groups is 1. The normalized spacial score (nSPS) is 19.9. The number of carbonyl (C=O) groups is 2. The minimum Gasteiger partial charge on any atom is -0.493 e. The quantitative estimate of drug-likeness (QED) is 0.794. The summed E-state index contributed by atoms with van der Waals surface area (Å²) in [4.78, 5) is 25.0. The van der Waals surface area contributed by atoms with E-state index in [2.05, 4.69) is 19.2 Å². The molecule has 1 aromatic carbocycles. The van der Waals surface area contributed by atoms with Gasteiger partial charge in [0.2, 0.25) is 0 Å². The summed E-state index contributed by atoms with van der Waals surface area (Å²) >= 11 is 0. The molecular weight excluding hydrogens is 320 g/mol. The lowest BCUT2D eigenvalue weighted by Crippen LogP contribution is -2.41. The molecule has 0 radical (unpaired) electrons. The summed E-state index contributed by atoms with van der Waals surface area (Å²) in [6.45, 7) is 7.86. The Kier molecular flexibility index (Phi) is 6.28. The zero-order valence-corrected chi connectivity index (χ0v) is 15.2. The Labute approximate surface area is 149 Å². The van der Waals surface area contributed by atoms with Crippen molar-refractivity contribution in [3.05, 3.63) is 29.8 Å². The van der Waals surface area contributed by atoms with Crippen molar-refractivity contribution in [1.29, 1.82) is 0 Å². The van der Waals surface area contributed by atoms with Crippen LogP contribution >= 0.6 is 0 Å². The molecule has 2 rings (SSSR count). The van der Waals surface area contributed by atoms with Gasteiger partial charge in [0.05, 0.1) is 12.0 Å². The number of nitrogens with one attached hydrogen (secondary N) is 1. The molecule has 2 amide bonds. The maximum Gasteiger partial charge on any atom is 0.317 e. The summed E-state index contributed by atoms with van der Waals surface area (Å²) in [5.74, 6) is 0.498. The molecule has 0 bridgehead atoms. The van der Waals surface area contributed by atoms with Crippen LogP contribution in [0.2, 0.25) is 0 Å². The van der Waals surface area contributed by atoms with Gasteiger partial charge in [-0.15, -0.1) is 0 Å². The van der Waals surface area contributed by atoms with Crippen LogP contribution in [0.15, 0.2) is 24.3 Å². The second kappa shape index (κ2) is 8.23. The largest absolute Gasteiger partial charge is 0.493 e. The first kappa shape index (κ1) is 19.1. The molecule has 0 spiro atoms. The van der Waals surface area contributed by atoms with Crippen LogP contribution in [-0.4, -0.2) is 48.2 Å². The van der Waals surface area contributed by atoms with Gasteiger partial charge in [-0.2, -0.15) is 0 Å². The number of carbonyl (C=O) groups excluding carboxylic acids is 1. The maximum atomic E-state index is 12.2. The number of carboxylic acids is 1. The summed E-state index contributed by atoms with van der Waals surface area (Å²) in [6.07, 6.45) is 1.22. The Morgan fingerprint density at radius 3 is 2.56 bits per heavy atom. The first-order valence-corrected chi connectivity index (χ1v) is 8.78. The molecule has 138 valence electrons. The number of hydrogen-bond donors (Lipinski definition) is 2. The summed E-state index contributed by atoms with van der Waals surface area (Å²) in [6, 6.07) is 7.69. The average molecular weight is 348 g/mol. The molecule has 25 heavy (non-hydrogen) atoms. The molecular formula is C19H28N2O4. The van der Waals surface area contributed by atoms with E-state index in [0.717, 1.165) is 17.7 Å². The number of aliphatic carboxylic acids is 1. The van der Waals surface area contributed by atoms with Crippen molar-refractivity contribution in [1.82, 2.24) is 10.2 Å². The standard InChI is InChI=1S/C19H28N2O4/c1-14(2)12-25-16-6-4-15(5-7-16)8-10-20-18(24)21-11-9-19(3,13-21)17(22)23/h4-7,14H,8-13H2,1-3H3,(H,20,24)(H,22,23). The average Bonchev–Trinajstić information content (AvgIpc) is 2.98. The minimum atomic E-state index is -0.845. The molecule has 0 aliphatic carbocycles. The van der Waals surface area contributed by atoms with Gasteiger partial charge in [0.25, 0.3) is 0 Å². The van der Waals surface area contributed by atoms with E-state index in [9.17, 15) is 14.7 Å². The fraction of sp³-hybridized carbons (Fsp3) is 0.579. The van der Waals surface area contributed by atoms with E-state index in [1.54, 1.807) is 11.8 Å². The molecule has 1 fully saturated rings. The first-order chi connectivity index (χ1) is 11.8. The number of amides is 2. The third-order valence-corrected chi connectivity index (χ3v) is 4.47. The Balaban J connectivity index is 1.73. The van der Waals surface area contributed by atoms with Gasteiger partial charge in [0.15, 0.2) is 0 Å². The van der Waals surface area contributed by atoms with Crippen LogP contribution < -0.4 is 10.1 Å². The van der Waals surface area contributed by atoms with Crippen molar-refractivity contribution in [2.24, 2.45) is 11.3 Å². The minimum absolute atomic E-state index is 0.193. The summed E-state index contributed by atoms with van der Waals surface area (Å²) < 4.78 is 5.65. The lowest BCUT2D eigenvalue weighted by molar-refractivity contribution is -0.146. The Bertz CT molecular complexity index is 600. The monoisotopic (exact) mass is 348 g/mol. The number of benzene rings is 1. The molecule has 1 aromatic rings. The second-order valence-electron chi connectivity index (χ2n) is 7.37. The third-order valence-electron chi connectivity index (χ3n) is 4.47. The van der Waals surface area contributed by atoms with E-state index in [0.29, 0.717) is 32.0 Å². The molecule has 1 unspecified atom stereocenters. The molecule has 1 heterocycles. The molecule has 1 saturated heterocycles. The zero-order chi connectivity index (χ0) is 18.4. The number of rotatable bonds is 7. The maximum absolute atomic E-state index is 12.2. The van der Waals surface area contributed by atoms with Crippen LogP contribution in [0.25, 0.3) is 0 Å².